The van der Waals surface area contributed by atoms with Crippen LogP contribution in [0.15, 0.2) is 28.8 Å². The van der Waals surface area contributed by atoms with Crippen molar-refractivity contribution in [2.24, 2.45) is 0 Å². The summed E-state index contributed by atoms with van der Waals surface area (Å²) in [6.45, 7) is 6.49. The molecular formula is C23H30N4O5. The second-order valence-electron chi connectivity index (χ2n) is 8.01. The Morgan fingerprint density at radius 3 is 2.66 bits per heavy atom. The van der Waals surface area contributed by atoms with Gasteiger partial charge in [-0.1, -0.05) is 17.3 Å². The Labute approximate surface area is 187 Å². The first-order chi connectivity index (χ1) is 15.3. The molecule has 9 heteroatoms. The van der Waals surface area contributed by atoms with E-state index in [4.69, 9.17) is 9.26 Å². The van der Waals surface area contributed by atoms with E-state index in [1.54, 1.807) is 13.0 Å². The number of amides is 3. The van der Waals surface area contributed by atoms with Gasteiger partial charge in [0.25, 0.3) is 0 Å². The number of carbonyl (C=O) groups excluding carboxylic acids is 3. The summed E-state index contributed by atoms with van der Waals surface area (Å²) in [6, 6.07) is 7.25. The Balaban J connectivity index is 1.57. The molecular weight excluding hydrogens is 412 g/mol. The molecule has 1 aliphatic rings. The molecule has 0 unspecified atom stereocenters. The standard InChI is InChI=1S/C23H30N4O5/c1-15-6-4-8-19(17(15)3)25-21(28)9-10-23(30)27(20-12-16(2)32-26-20)14-22(29)24-13-18-7-5-11-31-18/h4,6,8,12,18H,5,7,9-11,13-14H2,1-3H3,(H,24,29)(H,25,28)/t18-/m0/s1. The van der Waals surface area contributed by atoms with Crippen LogP contribution in [0.4, 0.5) is 11.5 Å². The highest BCUT2D eigenvalue weighted by atomic mass is 16.5. The van der Waals surface area contributed by atoms with Gasteiger partial charge in [-0.05, 0) is 50.8 Å². The molecule has 3 rings (SSSR count). The van der Waals surface area contributed by atoms with Crippen molar-refractivity contribution in [1.29, 1.82) is 0 Å². The molecule has 0 radical (unpaired) electrons. The van der Waals surface area contributed by atoms with E-state index in [0.29, 0.717) is 18.9 Å². The van der Waals surface area contributed by atoms with Crippen molar-refractivity contribution in [2.45, 2.75) is 52.6 Å². The largest absolute Gasteiger partial charge is 0.376 e. The van der Waals surface area contributed by atoms with E-state index in [2.05, 4.69) is 15.8 Å². The van der Waals surface area contributed by atoms with Gasteiger partial charge in [-0.15, -0.1) is 0 Å². The Morgan fingerprint density at radius 2 is 1.97 bits per heavy atom. The van der Waals surface area contributed by atoms with Crippen molar-refractivity contribution in [3.05, 3.63) is 41.2 Å². The second kappa shape index (κ2) is 10.9. The molecule has 1 fully saturated rings. The zero-order valence-electron chi connectivity index (χ0n) is 18.8. The van der Waals surface area contributed by atoms with E-state index >= 15 is 0 Å². The summed E-state index contributed by atoms with van der Waals surface area (Å²) in [7, 11) is 0. The summed E-state index contributed by atoms with van der Waals surface area (Å²) < 4.78 is 10.6. The molecule has 1 aliphatic heterocycles. The topological polar surface area (TPSA) is 114 Å². The van der Waals surface area contributed by atoms with E-state index < -0.39 is 0 Å². The lowest BCUT2D eigenvalue weighted by molar-refractivity contribution is -0.125. The van der Waals surface area contributed by atoms with Gasteiger partial charge in [-0.25, -0.2) is 0 Å². The van der Waals surface area contributed by atoms with Gasteiger partial charge in [0.05, 0.1) is 6.10 Å². The van der Waals surface area contributed by atoms with Crippen LogP contribution in [0.1, 0.15) is 42.6 Å². The summed E-state index contributed by atoms with van der Waals surface area (Å²) in [4.78, 5) is 39.0. The SMILES string of the molecule is Cc1cc(N(CC(=O)NC[C@@H]2CCCO2)C(=O)CCC(=O)Nc2cccc(C)c2C)no1. The van der Waals surface area contributed by atoms with Crippen molar-refractivity contribution in [3.63, 3.8) is 0 Å². The number of aromatic nitrogens is 1. The fourth-order valence-electron chi connectivity index (χ4n) is 3.46. The van der Waals surface area contributed by atoms with Gasteiger partial charge in [0.15, 0.2) is 5.82 Å². The van der Waals surface area contributed by atoms with Crippen LogP contribution in [0.25, 0.3) is 0 Å². The maximum Gasteiger partial charge on any atom is 0.240 e. The minimum Gasteiger partial charge on any atom is -0.376 e. The van der Waals surface area contributed by atoms with E-state index in [9.17, 15) is 14.4 Å². The van der Waals surface area contributed by atoms with Crippen LogP contribution in [-0.4, -0.2) is 48.7 Å². The number of nitrogens with zero attached hydrogens (tertiary/aromatic N) is 2. The Bertz CT molecular complexity index is 965. The van der Waals surface area contributed by atoms with Crippen LogP contribution in [0.5, 0.6) is 0 Å². The molecule has 1 atom stereocenters. The molecule has 32 heavy (non-hydrogen) atoms. The van der Waals surface area contributed by atoms with Crippen LogP contribution in [0.2, 0.25) is 0 Å². The lowest BCUT2D eigenvalue weighted by Gasteiger charge is -2.20. The van der Waals surface area contributed by atoms with Crippen molar-refractivity contribution >= 4 is 29.2 Å². The Hall–Kier alpha value is -3.20. The third-order valence-corrected chi connectivity index (χ3v) is 5.49. The minimum absolute atomic E-state index is 0.00571. The maximum atomic E-state index is 12.9. The number of benzene rings is 1. The highest BCUT2D eigenvalue weighted by Crippen LogP contribution is 2.19. The summed E-state index contributed by atoms with van der Waals surface area (Å²) >= 11 is 0. The Kier molecular flexibility index (Phi) is 7.99. The molecule has 1 aromatic carbocycles. The van der Waals surface area contributed by atoms with Gasteiger partial charge in [0.1, 0.15) is 12.3 Å². The molecule has 0 spiro atoms. The number of aryl methyl sites for hydroxylation is 2. The molecule has 0 aliphatic carbocycles. The zero-order chi connectivity index (χ0) is 23.1. The number of hydrogen-bond donors (Lipinski definition) is 2. The average molecular weight is 443 g/mol. The van der Waals surface area contributed by atoms with Crippen molar-refractivity contribution in [2.75, 3.05) is 29.9 Å². The number of rotatable bonds is 9. The zero-order valence-corrected chi connectivity index (χ0v) is 18.8. The lowest BCUT2D eigenvalue weighted by Crippen LogP contribution is -2.43. The molecule has 1 saturated heterocycles. The first-order valence-corrected chi connectivity index (χ1v) is 10.8. The highest BCUT2D eigenvalue weighted by molar-refractivity contribution is 6.00. The third-order valence-electron chi connectivity index (χ3n) is 5.49. The second-order valence-corrected chi connectivity index (χ2v) is 8.01. The summed E-state index contributed by atoms with van der Waals surface area (Å²) in [5.74, 6) is -0.220. The smallest absolute Gasteiger partial charge is 0.240 e. The van der Waals surface area contributed by atoms with E-state index in [1.165, 1.54) is 4.90 Å². The van der Waals surface area contributed by atoms with Crippen molar-refractivity contribution in [3.8, 4) is 0 Å². The van der Waals surface area contributed by atoms with Crippen LogP contribution >= 0.6 is 0 Å². The van der Waals surface area contributed by atoms with Crippen LogP contribution in [0, 0.1) is 20.8 Å². The normalized spacial score (nSPS) is 15.4. The monoisotopic (exact) mass is 442 g/mol. The van der Waals surface area contributed by atoms with Gasteiger partial charge in [0.2, 0.25) is 17.7 Å². The van der Waals surface area contributed by atoms with Crippen molar-refractivity contribution < 1.29 is 23.6 Å². The van der Waals surface area contributed by atoms with Gasteiger partial charge in [-0.2, -0.15) is 0 Å². The summed E-state index contributed by atoms with van der Waals surface area (Å²) in [5.41, 5.74) is 2.77. The van der Waals surface area contributed by atoms with Crippen molar-refractivity contribution in [1.82, 2.24) is 10.5 Å². The number of carbonyl (C=O) groups is 3. The summed E-state index contributed by atoms with van der Waals surface area (Å²) in [6.07, 6.45) is 1.80. The lowest BCUT2D eigenvalue weighted by atomic mass is 10.1. The van der Waals surface area contributed by atoms with Gasteiger partial charge >= 0.3 is 0 Å². The first kappa shape index (κ1) is 23.5. The molecule has 2 aromatic rings. The fraction of sp³-hybridized carbons (Fsp3) is 0.478. The predicted molar refractivity (Wildman–Crippen MR) is 119 cm³/mol. The highest BCUT2D eigenvalue weighted by Gasteiger charge is 2.24. The maximum absolute atomic E-state index is 12.9. The molecule has 0 saturated carbocycles. The van der Waals surface area contributed by atoms with Gasteiger partial charge < -0.3 is 19.9 Å². The van der Waals surface area contributed by atoms with Crippen LogP contribution < -0.4 is 15.5 Å². The Morgan fingerprint density at radius 1 is 1.16 bits per heavy atom. The predicted octanol–water partition coefficient (Wildman–Crippen LogP) is 2.65. The minimum atomic E-state index is -0.387. The van der Waals surface area contributed by atoms with Gasteiger partial charge in [-0.3, -0.25) is 19.3 Å². The molecule has 9 nitrogen and oxygen atoms in total. The first-order valence-electron chi connectivity index (χ1n) is 10.8. The van der Waals surface area contributed by atoms with Gasteiger partial charge in [0, 0.05) is 37.7 Å². The van der Waals surface area contributed by atoms with Crippen LogP contribution in [0.3, 0.4) is 0 Å². The molecule has 2 N–H and O–H groups in total. The third kappa shape index (κ3) is 6.40. The molecule has 2 heterocycles. The molecule has 172 valence electrons. The average Bonchev–Trinajstić information content (AvgIpc) is 3.44. The van der Waals surface area contributed by atoms with Crippen LogP contribution in [-0.2, 0) is 19.1 Å². The van der Waals surface area contributed by atoms with E-state index in [-0.39, 0.29) is 49.0 Å². The number of ether oxygens (including phenoxy) is 1. The molecule has 0 bridgehead atoms. The fourth-order valence-corrected chi connectivity index (χ4v) is 3.46. The van der Waals surface area contributed by atoms with E-state index in [1.807, 2.05) is 32.0 Å². The van der Waals surface area contributed by atoms with E-state index in [0.717, 1.165) is 29.7 Å². The molecule has 3 amide bonds. The molecule has 1 aromatic heterocycles. The number of anilines is 2. The quantitative estimate of drug-likeness (QED) is 0.617. The number of hydrogen-bond acceptors (Lipinski definition) is 6. The number of nitrogens with one attached hydrogen (secondary N) is 2. The summed E-state index contributed by atoms with van der Waals surface area (Å²) in [5, 5.41) is 9.51.